The number of alkyl carbamates (subject to hydrolysis) is 1. The summed E-state index contributed by atoms with van der Waals surface area (Å²) in [6.07, 6.45) is 0.900. The molecule has 11 heteroatoms. The van der Waals surface area contributed by atoms with Gasteiger partial charge < -0.3 is 19.9 Å². The van der Waals surface area contributed by atoms with Gasteiger partial charge in [0.25, 0.3) is 0 Å². The van der Waals surface area contributed by atoms with Gasteiger partial charge >= 0.3 is 6.09 Å². The van der Waals surface area contributed by atoms with Gasteiger partial charge in [0, 0.05) is 22.7 Å². The second-order valence-electron chi connectivity index (χ2n) is 7.57. The summed E-state index contributed by atoms with van der Waals surface area (Å²) in [5.41, 5.74) is 10.3. The largest absolute Gasteiger partial charge is 0.453 e. The molecular weight excluding hydrogens is 422 g/mol. The van der Waals surface area contributed by atoms with Crippen LogP contribution in [0, 0.1) is 5.92 Å². The van der Waals surface area contributed by atoms with Gasteiger partial charge in [0.15, 0.2) is 0 Å². The minimum Gasteiger partial charge on any atom is -0.453 e. The third-order valence-electron chi connectivity index (χ3n) is 5.22. The summed E-state index contributed by atoms with van der Waals surface area (Å²) in [5.74, 6) is 0.291. The summed E-state index contributed by atoms with van der Waals surface area (Å²) >= 11 is 6.41. The molecule has 0 radical (unpaired) electrons. The highest BCUT2D eigenvalue weighted by atomic mass is 35.5. The second kappa shape index (κ2) is 9.72. The highest BCUT2D eigenvalue weighted by Crippen LogP contribution is 2.35. The van der Waals surface area contributed by atoms with Crippen molar-refractivity contribution in [2.24, 2.45) is 11.0 Å². The van der Waals surface area contributed by atoms with Crippen molar-refractivity contribution in [1.82, 2.24) is 20.2 Å². The molecule has 2 amide bonds. The van der Waals surface area contributed by atoms with Crippen LogP contribution in [-0.4, -0.2) is 46.6 Å². The van der Waals surface area contributed by atoms with Crippen molar-refractivity contribution in [2.45, 2.75) is 38.8 Å². The van der Waals surface area contributed by atoms with Crippen molar-refractivity contribution >= 4 is 29.3 Å². The van der Waals surface area contributed by atoms with Gasteiger partial charge in [0.05, 0.1) is 13.2 Å². The summed E-state index contributed by atoms with van der Waals surface area (Å²) < 4.78 is 4.66. The first-order valence-electron chi connectivity index (χ1n) is 9.91. The zero-order valence-corrected chi connectivity index (χ0v) is 18.3. The fourth-order valence-corrected chi connectivity index (χ4v) is 3.90. The Labute approximate surface area is 184 Å². The lowest BCUT2D eigenvalue weighted by molar-refractivity contribution is -0.135. The van der Waals surface area contributed by atoms with Gasteiger partial charge in [-0.15, -0.1) is 0 Å². The number of imidazole rings is 1. The molecule has 0 unspecified atom stereocenters. The molecule has 0 aliphatic carbocycles. The molecule has 1 aliphatic rings. The van der Waals surface area contributed by atoms with Crippen LogP contribution in [0.5, 0.6) is 0 Å². The lowest BCUT2D eigenvalue weighted by atomic mass is 10.0. The van der Waals surface area contributed by atoms with Gasteiger partial charge in [-0.25, -0.2) is 9.78 Å². The lowest BCUT2D eigenvalue weighted by Crippen LogP contribution is -2.51. The van der Waals surface area contributed by atoms with Crippen LogP contribution in [0.15, 0.2) is 29.4 Å². The van der Waals surface area contributed by atoms with E-state index in [4.69, 9.17) is 17.1 Å². The Morgan fingerprint density at radius 1 is 1.39 bits per heavy atom. The molecule has 2 atom stereocenters. The molecule has 10 nitrogen and oxygen atoms in total. The molecule has 0 bridgehead atoms. The second-order valence-corrected chi connectivity index (χ2v) is 7.95. The van der Waals surface area contributed by atoms with Gasteiger partial charge in [-0.3, -0.25) is 4.79 Å². The number of methoxy groups -OCH3 is 1. The number of hydrogen-bond donors (Lipinski definition) is 2. The maximum Gasteiger partial charge on any atom is 0.407 e. The number of amides is 2. The predicted molar refractivity (Wildman–Crippen MR) is 116 cm³/mol. The van der Waals surface area contributed by atoms with E-state index < -0.39 is 12.1 Å². The number of carbonyl (C=O) groups is 2. The molecule has 164 valence electrons. The van der Waals surface area contributed by atoms with Gasteiger partial charge in [0.1, 0.15) is 22.7 Å². The van der Waals surface area contributed by atoms with Crippen molar-refractivity contribution in [3.05, 3.63) is 45.7 Å². The van der Waals surface area contributed by atoms with Crippen LogP contribution >= 0.6 is 11.6 Å². The number of likely N-dealkylation sites (tertiary alicyclic amines) is 1. The van der Waals surface area contributed by atoms with E-state index in [0.29, 0.717) is 28.9 Å². The Balaban J connectivity index is 1.85. The minimum atomic E-state index is -0.703. The van der Waals surface area contributed by atoms with E-state index in [1.807, 2.05) is 13.8 Å². The highest BCUT2D eigenvalue weighted by molar-refractivity contribution is 6.31. The maximum absolute atomic E-state index is 13.2. The lowest BCUT2D eigenvalue weighted by Gasteiger charge is -2.29. The summed E-state index contributed by atoms with van der Waals surface area (Å²) in [5, 5.41) is 6.54. The van der Waals surface area contributed by atoms with Crippen molar-refractivity contribution in [1.29, 1.82) is 0 Å². The topological polar surface area (TPSA) is 136 Å². The fraction of sp³-hybridized carbons (Fsp3) is 0.450. The number of carbonyl (C=O) groups excluding carboxylic acids is 2. The molecule has 1 aromatic heterocycles. The Hall–Kier alpha value is -3.23. The Morgan fingerprint density at radius 2 is 2.10 bits per heavy atom. The number of benzene rings is 1. The third kappa shape index (κ3) is 4.92. The standard InChI is InChI=1S/C20H24ClN7O3/c1-11(2)15(24-20(30)31-3)19(29)28-10-4-5-14(28)18-23-16(17(21)25-18)12-6-8-13(9-7-12)26-27-22/h6-9,11,14-15H,4-5,10H2,1-3H3,(H,23,25)(H,24,30)/t14-,15-/m0/s1. The number of nitrogens with one attached hydrogen (secondary N) is 2. The van der Waals surface area contributed by atoms with Crippen molar-refractivity contribution in [3.8, 4) is 11.3 Å². The molecule has 31 heavy (non-hydrogen) atoms. The van der Waals surface area contributed by atoms with E-state index in [1.54, 1.807) is 29.2 Å². The molecule has 0 saturated carbocycles. The molecule has 3 rings (SSSR count). The summed E-state index contributed by atoms with van der Waals surface area (Å²) in [7, 11) is 1.27. The fourth-order valence-electron chi connectivity index (χ4n) is 3.65. The molecule has 0 spiro atoms. The zero-order valence-electron chi connectivity index (χ0n) is 17.5. The number of H-pyrrole nitrogens is 1. The average molecular weight is 446 g/mol. The number of nitrogens with zero attached hydrogens (tertiary/aromatic N) is 5. The molecule has 2 heterocycles. The first kappa shape index (κ1) is 22.5. The van der Waals surface area contributed by atoms with Crippen LogP contribution in [0.1, 0.15) is 38.6 Å². The van der Waals surface area contributed by atoms with Crippen LogP contribution in [0.3, 0.4) is 0 Å². The SMILES string of the molecule is COC(=O)N[C@H](C(=O)N1CCC[C@H]1c1nc(-c2ccc(N=[N+]=[N-])cc2)c(Cl)[nH]1)C(C)C. The maximum atomic E-state index is 13.2. The number of aromatic nitrogens is 2. The van der Waals surface area contributed by atoms with Crippen LogP contribution in [0.4, 0.5) is 10.5 Å². The molecule has 1 aliphatic heterocycles. The summed E-state index contributed by atoms with van der Waals surface area (Å²) in [4.78, 5) is 37.2. The number of ether oxygens (including phenoxy) is 1. The van der Waals surface area contributed by atoms with Crippen molar-refractivity contribution < 1.29 is 14.3 Å². The number of hydrogen-bond acceptors (Lipinski definition) is 5. The molecule has 2 N–H and O–H groups in total. The van der Waals surface area contributed by atoms with Crippen LogP contribution in [0.25, 0.3) is 21.7 Å². The minimum absolute atomic E-state index is 0.113. The van der Waals surface area contributed by atoms with E-state index in [-0.39, 0.29) is 17.9 Å². The van der Waals surface area contributed by atoms with Gasteiger partial charge in [-0.2, -0.15) is 0 Å². The monoisotopic (exact) mass is 445 g/mol. The Kier molecular flexibility index (Phi) is 7.04. The predicted octanol–water partition coefficient (Wildman–Crippen LogP) is 4.72. The van der Waals surface area contributed by atoms with Gasteiger partial charge in [0.2, 0.25) is 5.91 Å². The van der Waals surface area contributed by atoms with Crippen LogP contribution in [-0.2, 0) is 9.53 Å². The van der Waals surface area contributed by atoms with Crippen molar-refractivity contribution in [3.63, 3.8) is 0 Å². The average Bonchev–Trinajstić information content (AvgIpc) is 3.38. The quantitative estimate of drug-likeness (QED) is 0.377. The zero-order chi connectivity index (χ0) is 22.5. The van der Waals surface area contributed by atoms with E-state index in [1.165, 1.54) is 7.11 Å². The first-order chi connectivity index (χ1) is 14.8. The normalized spacial score (nSPS) is 16.7. The number of azide groups is 1. The summed E-state index contributed by atoms with van der Waals surface area (Å²) in [6, 6.07) is 5.91. The van der Waals surface area contributed by atoms with Crippen LogP contribution in [0.2, 0.25) is 5.15 Å². The van der Waals surface area contributed by atoms with Gasteiger partial charge in [-0.05, 0) is 24.3 Å². The number of halogens is 1. The van der Waals surface area contributed by atoms with E-state index >= 15 is 0 Å². The Bertz CT molecular complexity index is 999. The van der Waals surface area contributed by atoms with Gasteiger partial charge in [-0.1, -0.05) is 54.8 Å². The molecule has 2 aromatic rings. The van der Waals surface area contributed by atoms with E-state index in [0.717, 1.165) is 18.4 Å². The van der Waals surface area contributed by atoms with Crippen molar-refractivity contribution in [2.75, 3.05) is 13.7 Å². The van der Waals surface area contributed by atoms with Crippen LogP contribution < -0.4 is 5.32 Å². The molecule has 1 fully saturated rings. The first-order valence-corrected chi connectivity index (χ1v) is 10.3. The Morgan fingerprint density at radius 3 is 2.71 bits per heavy atom. The summed E-state index contributed by atoms with van der Waals surface area (Å²) in [6.45, 7) is 4.29. The highest BCUT2D eigenvalue weighted by Gasteiger charge is 2.37. The third-order valence-corrected chi connectivity index (χ3v) is 5.50. The van der Waals surface area contributed by atoms with E-state index in [9.17, 15) is 9.59 Å². The number of rotatable bonds is 6. The number of aromatic amines is 1. The molecule has 1 aromatic carbocycles. The molecule has 1 saturated heterocycles. The molecular formula is C20H24ClN7O3. The smallest absolute Gasteiger partial charge is 0.407 e. The van der Waals surface area contributed by atoms with E-state index in [2.05, 4.69) is 30.0 Å².